The number of phenols is 1. The van der Waals surface area contributed by atoms with Crippen LogP contribution in [0, 0.1) is 10.1 Å². The fourth-order valence-electron chi connectivity index (χ4n) is 2.84. The van der Waals surface area contributed by atoms with Crippen molar-refractivity contribution in [3.8, 4) is 11.4 Å². The zero-order chi connectivity index (χ0) is 24.1. The number of hydrogen-bond donors (Lipinski definition) is 2. The molecule has 0 radical (unpaired) electrons. The normalized spacial score (nSPS) is 10.8. The summed E-state index contributed by atoms with van der Waals surface area (Å²) in [4.78, 5) is 51.5. The number of benzene rings is 2. The van der Waals surface area contributed by atoms with Crippen LogP contribution in [-0.2, 0) is 9.47 Å². The standard InChI is InChI=1S/C21H18N4O8/c1-3-33-21(29)18-15(11-22-16-10-12(20(28)32-2)4-9-17(16)26)19(27)24(23-18)13-5-7-14(8-6-13)25(30)31/h4-11,23,26H,3H2,1-2H3. The van der Waals surface area contributed by atoms with Gasteiger partial charge in [-0.25, -0.2) is 14.3 Å². The Bertz CT molecular complexity index is 1300. The molecule has 3 rings (SSSR count). The number of nitrogens with zero attached hydrogens (tertiary/aromatic N) is 3. The molecule has 33 heavy (non-hydrogen) atoms. The quantitative estimate of drug-likeness (QED) is 0.238. The van der Waals surface area contributed by atoms with Crippen molar-refractivity contribution < 1.29 is 29.1 Å². The smallest absolute Gasteiger partial charge is 0.357 e. The number of aliphatic imine (C=N–C) groups is 1. The summed E-state index contributed by atoms with van der Waals surface area (Å²) in [7, 11) is 1.20. The zero-order valence-corrected chi connectivity index (χ0v) is 17.5. The second-order valence-corrected chi connectivity index (χ2v) is 6.49. The van der Waals surface area contributed by atoms with Gasteiger partial charge in [-0.15, -0.1) is 0 Å². The highest BCUT2D eigenvalue weighted by Crippen LogP contribution is 2.27. The molecule has 12 nitrogen and oxygen atoms in total. The van der Waals surface area contributed by atoms with Crippen LogP contribution in [0.25, 0.3) is 5.69 Å². The number of carbonyl (C=O) groups is 2. The van der Waals surface area contributed by atoms with E-state index in [9.17, 15) is 29.6 Å². The summed E-state index contributed by atoms with van der Waals surface area (Å²) in [6.45, 7) is 1.63. The van der Waals surface area contributed by atoms with Gasteiger partial charge in [0.25, 0.3) is 11.2 Å². The van der Waals surface area contributed by atoms with Gasteiger partial charge in [0.05, 0.1) is 35.5 Å². The third-order valence-electron chi connectivity index (χ3n) is 4.45. The van der Waals surface area contributed by atoms with Gasteiger partial charge in [0.1, 0.15) is 11.4 Å². The number of nitro groups is 1. The Kier molecular flexibility index (Phi) is 6.67. The first kappa shape index (κ1) is 22.9. The van der Waals surface area contributed by atoms with Crippen LogP contribution in [-0.4, -0.2) is 51.7 Å². The molecule has 0 atom stereocenters. The maximum atomic E-state index is 13.0. The van der Waals surface area contributed by atoms with Crippen LogP contribution >= 0.6 is 0 Å². The number of rotatable bonds is 7. The molecule has 0 spiro atoms. The lowest BCUT2D eigenvalue weighted by molar-refractivity contribution is -0.384. The van der Waals surface area contributed by atoms with Crippen molar-refractivity contribution in [2.75, 3.05) is 13.7 Å². The van der Waals surface area contributed by atoms with Gasteiger partial charge in [0, 0.05) is 18.3 Å². The molecule has 12 heteroatoms. The summed E-state index contributed by atoms with van der Waals surface area (Å²) in [6, 6.07) is 8.89. The number of hydrogen-bond acceptors (Lipinski definition) is 9. The van der Waals surface area contributed by atoms with Crippen molar-refractivity contribution >= 4 is 29.5 Å². The molecule has 0 unspecified atom stereocenters. The Morgan fingerprint density at radius 3 is 2.52 bits per heavy atom. The molecule has 2 aromatic carbocycles. The van der Waals surface area contributed by atoms with E-state index in [2.05, 4.69) is 14.8 Å². The average molecular weight is 454 g/mol. The highest BCUT2D eigenvalue weighted by Gasteiger charge is 2.21. The number of aromatic amines is 1. The van der Waals surface area contributed by atoms with Gasteiger partial charge in [-0.1, -0.05) is 0 Å². The molecule has 0 bridgehead atoms. The molecule has 3 aromatic rings. The lowest BCUT2D eigenvalue weighted by atomic mass is 10.2. The Morgan fingerprint density at radius 2 is 1.91 bits per heavy atom. The number of nitro benzene ring substituents is 1. The summed E-state index contributed by atoms with van der Waals surface area (Å²) in [6.07, 6.45) is 1.04. The van der Waals surface area contributed by atoms with Crippen molar-refractivity contribution in [3.05, 3.63) is 79.8 Å². The minimum atomic E-state index is -0.829. The second-order valence-electron chi connectivity index (χ2n) is 6.49. The number of carbonyl (C=O) groups excluding carboxylic acids is 2. The minimum Gasteiger partial charge on any atom is -0.506 e. The molecule has 170 valence electrons. The van der Waals surface area contributed by atoms with E-state index < -0.39 is 22.4 Å². The molecule has 1 heterocycles. The molecule has 0 aliphatic heterocycles. The van der Waals surface area contributed by atoms with Gasteiger partial charge in [0.2, 0.25) is 0 Å². The van der Waals surface area contributed by atoms with E-state index >= 15 is 0 Å². The first-order valence-electron chi connectivity index (χ1n) is 9.49. The summed E-state index contributed by atoms with van der Waals surface area (Å²) in [5.74, 6) is -1.76. The van der Waals surface area contributed by atoms with Gasteiger partial charge in [-0.05, 0) is 37.3 Å². The monoisotopic (exact) mass is 454 g/mol. The number of aromatic nitrogens is 2. The molecule has 0 fully saturated rings. The SMILES string of the molecule is CCOC(=O)c1[nH]n(-c2ccc([N+](=O)[O-])cc2)c(=O)c1C=Nc1cc(C(=O)OC)ccc1O. The van der Waals surface area contributed by atoms with Gasteiger partial charge < -0.3 is 14.6 Å². The maximum absolute atomic E-state index is 13.0. The van der Waals surface area contributed by atoms with Crippen LogP contribution in [0.2, 0.25) is 0 Å². The molecule has 1 aromatic heterocycles. The average Bonchev–Trinajstić information content (AvgIpc) is 3.14. The van der Waals surface area contributed by atoms with E-state index in [0.717, 1.165) is 10.9 Å². The Balaban J connectivity index is 2.09. The summed E-state index contributed by atoms with van der Waals surface area (Å²) in [5.41, 5.74) is -0.972. The van der Waals surface area contributed by atoms with E-state index in [0.29, 0.717) is 0 Å². The lowest BCUT2D eigenvalue weighted by Crippen LogP contribution is -2.17. The molecular formula is C21H18N4O8. The number of methoxy groups -OCH3 is 1. The first-order valence-corrected chi connectivity index (χ1v) is 9.49. The van der Waals surface area contributed by atoms with Crippen molar-refractivity contribution in [1.82, 2.24) is 9.78 Å². The highest BCUT2D eigenvalue weighted by molar-refractivity contribution is 5.98. The van der Waals surface area contributed by atoms with E-state index in [1.165, 1.54) is 49.6 Å². The fraction of sp³-hybridized carbons (Fsp3) is 0.143. The highest BCUT2D eigenvalue weighted by atomic mass is 16.6. The van der Waals surface area contributed by atoms with Gasteiger partial charge >= 0.3 is 11.9 Å². The van der Waals surface area contributed by atoms with E-state index in [1.807, 2.05) is 0 Å². The zero-order valence-electron chi connectivity index (χ0n) is 17.5. The van der Waals surface area contributed by atoms with Crippen LogP contribution in [0.15, 0.2) is 52.3 Å². The van der Waals surface area contributed by atoms with Crippen molar-refractivity contribution in [2.24, 2.45) is 4.99 Å². The molecule has 0 amide bonds. The minimum absolute atomic E-state index is 0.0438. The van der Waals surface area contributed by atoms with Crippen LogP contribution < -0.4 is 5.56 Å². The molecule has 0 saturated heterocycles. The van der Waals surface area contributed by atoms with Gasteiger partial charge in [0.15, 0.2) is 5.69 Å². The molecule has 0 saturated carbocycles. The van der Waals surface area contributed by atoms with Crippen LogP contribution in [0.3, 0.4) is 0 Å². The second kappa shape index (κ2) is 9.60. The largest absolute Gasteiger partial charge is 0.506 e. The Labute approximate surface area is 185 Å². The first-order chi connectivity index (χ1) is 15.8. The lowest BCUT2D eigenvalue weighted by Gasteiger charge is -2.03. The number of aromatic hydroxyl groups is 1. The number of phenolic OH excluding ortho intramolecular Hbond substituents is 1. The topological polar surface area (TPSA) is 166 Å². The molecule has 2 N–H and O–H groups in total. The number of H-pyrrole nitrogens is 1. The molecule has 0 aliphatic carbocycles. The van der Waals surface area contributed by atoms with Crippen LogP contribution in [0.4, 0.5) is 11.4 Å². The summed E-state index contributed by atoms with van der Waals surface area (Å²) >= 11 is 0. The number of non-ortho nitro benzene ring substituents is 1. The number of esters is 2. The van der Waals surface area contributed by atoms with Crippen LogP contribution in [0.5, 0.6) is 5.75 Å². The van der Waals surface area contributed by atoms with E-state index in [4.69, 9.17) is 4.74 Å². The summed E-state index contributed by atoms with van der Waals surface area (Å²) < 4.78 is 10.6. The third kappa shape index (κ3) is 4.79. The van der Waals surface area contributed by atoms with Crippen LogP contribution in [0.1, 0.15) is 33.3 Å². The Hall–Kier alpha value is -4.74. The van der Waals surface area contributed by atoms with Crippen molar-refractivity contribution in [2.45, 2.75) is 6.92 Å². The maximum Gasteiger partial charge on any atom is 0.357 e. The van der Waals surface area contributed by atoms with Gasteiger partial charge in [-0.2, -0.15) is 0 Å². The van der Waals surface area contributed by atoms with Gasteiger partial charge in [-0.3, -0.25) is 25.0 Å². The fourth-order valence-corrected chi connectivity index (χ4v) is 2.84. The number of nitrogens with one attached hydrogen (secondary N) is 1. The predicted octanol–water partition coefficient (Wildman–Crippen LogP) is 2.49. The van der Waals surface area contributed by atoms with Crippen molar-refractivity contribution in [3.63, 3.8) is 0 Å². The van der Waals surface area contributed by atoms with E-state index in [1.54, 1.807) is 6.92 Å². The molecular weight excluding hydrogens is 436 g/mol. The number of ether oxygens (including phenoxy) is 2. The van der Waals surface area contributed by atoms with Crippen molar-refractivity contribution in [1.29, 1.82) is 0 Å². The predicted molar refractivity (Wildman–Crippen MR) is 116 cm³/mol. The molecule has 0 aliphatic rings. The summed E-state index contributed by atoms with van der Waals surface area (Å²) in [5, 5.41) is 23.5. The Morgan fingerprint density at radius 1 is 1.21 bits per heavy atom. The van der Waals surface area contributed by atoms with E-state index in [-0.39, 0.29) is 46.2 Å². The third-order valence-corrected chi connectivity index (χ3v) is 4.45.